The van der Waals surface area contributed by atoms with Gasteiger partial charge in [0.1, 0.15) is 5.60 Å². The molecule has 1 aliphatic rings. The molecule has 2 rings (SSSR count). The monoisotopic (exact) mass is 253 g/mol. The Labute approximate surface area is 106 Å². The van der Waals surface area contributed by atoms with E-state index in [1.54, 1.807) is 22.0 Å². The quantitative estimate of drug-likeness (QED) is 0.806. The maximum atomic E-state index is 11.8. The summed E-state index contributed by atoms with van der Waals surface area (Å²) in [6.45, 7) is 6.21. The molecule has 1 amide bonds. The largest absolute Gasteiger partial charge is 0.467 e. The predicted octanol–water partition coefficient (Wildman–Crippen LogP) is 1.77. The summed E-state index contributed by atoms with van der Waals surface area (Å²) in [4.78, 5) is 13.4. The number of likely N-dealkylation sites (tertiary alicyclic amines) is 1. The highest BCUT2D eigenvalue weighted by atomic mass is 16.6. The normalized spacial score (nSPS) is 19.3. The number of rotatable bonds is 2. The molecule has 0 aromatic carbocycles. The predicted molar refractivity (Wildman–Crippen MR) is 65.2 cm³/mol. The number of amides is 1. The van der Waals surface area contributed by atoms with E-state index in [0.29, 0.717) is 12.3 Å². The van der Waals surface area contributed by atoms with Gasteiger partial charge in [0.05, 0.1) is 12.4 Å². The van der Waals surface area contributed by atoms with Crippen LogP contribution >= 0.6 is 0 Å². The maximum absolute atomic E-state index is 11.8. The van der Waals surface area contributed by atoms with Crippen LogP contribution in [0.4, 0.5) is 4.79 Å². The van der Waals surface area contributed by atoms with Crippen LogP contribution < -0.4 is 4.74 Å². The topological polar surface area (TPSA) is 56.6 Å². The molecule has 1 unspecified atom stereocenters. The zero-order valence-corrected chi connectivity index (χ0v) is 11.2. The van der Waals surface area contributed by atoms with Crippen LogP contribution in [-0.4, -0.2) is 39.1 Å². The Bertz CT molecular complexity index is 436. The number of carbonyl (C=O) groups is 1. The second-order valence-electron chi connectivity index (χ2n) is 5.38. The van der Waals surface area contributed by atoms with Gasteiger partial charge in [-0.25, -0.2) is 4.79 Å². The standard InChI is InChI=1S/C12H19N3O3/c1-12(2,3)18-11(16)15-6-5-10(15)17-9-7-13-14(4)8-9/h7-8,10H,5-6H2,1-4H3. The van der Waals surface area contributed by atoms with Crippen molar-refractivity contribution in [2.75, 3.05) is 6.54 Å². The van der Waals surface area contributed by atoms with Gasteiger partial charge >= 0.3 is 6.09 Å². The van der Waals surface area contributed by atoms with Crippen molar-refractivity contribution in [3.05, 3.63) is 12.4 Å². The van der Waals surface area contributed by atoms with Crippen molar-refractivity contribution in [1.29, 1.82) is 0 Å². The molecule has 1 aromatic rings. The van der Waals surface area contributed by atoms with E-state index in [2.05, 4.69) is 5.10 Å². The Kier molecular flexibility index (Phi) is 3.19. The lowest BCUT2D eigenvalue weighted by Crippen LogP contribution is -2.55. The van der Waals surface area contributed by atoms with Crippen molar-refractivity contribution in [2.45, 2.75) is 39.0 Å². The van der Waals surface area contributed by atoms with E-state index in [1.807, 2.05) is 27.8 Å². The molecule has 1 aromatic heterocycles. The average molecular weight is 253 g/mol. The average Bonchev–Trinajstić information content (AvgIpc) is 2.55. The molecule has 0 spiro atoms. The first-order valence-corrected chi connectivity index (χ1v) is 6.00. The van der Waals surface area contributed by atoms with Gasteiger partial charge in [0.25, 0.3) is 0 Å². The van der Waals surface area contributed by atoms with Crippen molar-refractivity contribution in [3.8, 4) is 5.75 Å². The minimum atomic E-state index is -0.481. The van der Waals surface area contributed by atoms with Gasteiger partial charge < -0.3 is 9.47 Å². The SMILES string of the molecule is Cn1cc(OC2CCN2C(=O)OC(C)(C)C)cn1. The number of carbonyl (C=O) groups excluding carboxylic acids is 1. The number of nitrogens with zero attached hydrogens (tertiary/aromatic N) is 3. The first kappa shape index (κ1) is 12.7. The molecule has 6 heteroatoms. The van der Waals surface area contributed by atoms with Crippen molar-refractivity contribution in [1.82, 2.24) is 14.7 Å². The number of aromatic nitrogens is 2. The molecule has 18 heavy (non-hydrogen) atoms. The van der Waals surface area contributed by atoms with E-state index in [1.165, 1.54) is 0 Å². The van der Waals surface area contributed by atoms with E-state index in [0.717, 1.165) is 6.42 Å². The molecule has 2 heterocycles. The Morgan fingerprint density at radius 3 is 2.67 bits per heavy atom. The lowest BCUT2D eigenvalue weighted by molar-refractivity contribution is -0.0661. The molecule has 1 saturated heterocycles. The van der Waals surface area contributed by atoms with Crippen LogP contribution in [0.5, 0.6) is 5.75 Å². The van der Waals surface area contributed by atoms with Gasteiger partial charge in [-0.3, -0.25) is 9.58 Å². The molecule has 1 fully saturated rings. The highest BCUT2D eigenvalue weighted by molar-refractivity contribution is 5.69. The van der Waals surface area contributed by atoms with Gasteiger partial charge in [-0.1, -0.05) is 0 Å². The maximum Gasteiger partial charge on any atom is 0.413 e. The zero-order valence-electron chi connectivity index (χ0n) is 11.2. The van der Waals surface area contributed by atoms with Gasteiger partial charge in [0.15, 0.2) is 12.0 Å². The van der Waals surface area contributed by atoms with Crippen LogP contribution in [0.2, 0.25) is 0 Å². The summed E-state index contributed by atoms with van der Waals surface area (Å²) < 4.78 is 12.6. The Morgan fingerprint density at radius 1 is 1.50 bits per heavy atom. The smallest absolute Gasteiger partial charge is 0.413 e. The highest BCUT2D eigenvalue weighted by Crippen LogP contribution is 2.24. The molecule has 0 bridgehead atoms. The third kappa shape index (κ3) is 2.94. The molecule has 1 aliphatic heterocycles. The molecular weight excluding hydrogens is 234 g/mol. The van der Waals surface area contributed by atoms with Gasteiger partial charge in [0, 0.05) is 20.0 Å². The number of ether oxygens (including phenoxy) is 2. The summed E-state index contributed by atoms with van der Waals surface area (Å²) in [7, 11) is 1.82. The van der Waals surface area contributed by atoms with Gasteiger partial charge in [-0.2, -0.15) is 5.10 Å². The lowest BCUT2D eigenvalue weighted by Gasteiger charge is -2.40. The van der Waals surface area contributed by atoms with E-state index >= 15 is 0 Å². The number of hydrogen-bond acceptors (Lipinski definition) is 4. The fourth-order valence-corrected chi connectivity index (χ4v) is 1.63. The molecule has 1 atom stereocenters. The van der Waals surface area contributed by atoms with Gasteiger partial charge in [0.2, 0.25) is 0 Å². The third-order valence-electron chi connectivity index (χ3n) is 2.55. The van der Waals surface area contributed by atoms with Crippen LogP contribution in [0, 0.1) is 0 Å². The van der Waals surface area contributed by atoms with Crippen LogP contribution in [0.3, 0.4) is 0 Å². The third-order valence-corrected chi connectivity index (χ3v) is 2.55. The van der Waals surface area contributed by atoms with Crippen molar-refractivity contribution in [2.24, 2.45) is 7.05 Å². The van der Waals surface area contributed by atoms with E-state index in [-0.39, 0.29) is 12.3 Å². The van der Waals surface area contributed by atoms with Crippen LogP contribution in [0.15, 0.2) is 12.4 Å². The van der Waals surface area contributed by atoms with Crippen LogP contribution in [0.25, 0.3) is 0 Å². The van der Waals surface area contributed by atoms with Crippen molar-refractivity contribution in [3.63, 3.8) is 0 Å². The molecule has 0 N–H and O–H groups in total. The summed E-state index contributed by atoms with van der Waals surface area (Å²) in [5, 5.41) is 4.01. The molecule has 0 saturated carbocycles. The van der Waals surface area contributed by atoms with Crippen LogP contribution in [-0.2, 0) is 11.8 Å². The Hall–Kier alpha value is -1.72. The fraction of sp³-hybridized carbons (Fsp3) is 0.667. The van der Waals surface area contributed by atoms with Crippen molar-refractivity contribution < 1.29 is 14.3 Å². The van der Waals surface area contributed by atoms with E-state index in [9.17, 15) is 4.79 Å². The summed E-state index contributed by atoms with van der Waals surface area (Å²) in [6.07, 6.45) is 3.64. The second kappa shape index (κ2) is 4.51. The van der Waals surface area contributed by atoms with Gasteiger partial charge in [-0.05, 0) is 20.8 Å². The summed E-state index contributed by atoms with van der Waals surface area (Å²) in [5.41, 5.74) is -0.481. The van der Waals surface area contributed by atoms with Gasteiger partial charge in [-0.15, -0.1) is 0 Å². The van der Waals surface area contributed by atoms with Crippen molar-refractivity contribution >= 4 is 6.09 Å². The highest BCUT2D eigenvalue weighted by Gasteiger charge is 2.37. The summed E-state index contributed by atoms with van der Waals surface area (Å²) >= 11 is 0. The number of aryl methyl sites for hydroxylation is 1. The lowest BCUT2D eigenvalue weighted by atomic mass is 10.2. The fourth-order valence-electron chi connectivity index (χ4n) is 1.63. The minimum absolute atomic E-state index is 0.246. The minimum Gasteiger partial charge on any atom is -0.467 e. The van der Waals surface area contributed by atoms with E-state index < -0.39 is 5.60 Å². The summed E-state index contributed by atoms with van der Waals surface area (Å²) in [6, 6.07) is 0. The Morgan fingerprint density at radius 2 is 2.22 bits per heavy atom. The molecular formula is C12H19N3O3. The first-order valence-electron chi connectivity index (χ1n) is 6.00. The molecule has 100 valence electrons. The molecule has 0 radical (unpaired) electrons. The Balaban J connectivity index is 1.90. The second-order valence-corrected chi connectivity index (χ2v) is 5.38. The first-order chi connectivity index (χ1) is 8.35. The molecule has 6 nitrogen and oxygen atoms in total. The zero-order chi connectivity index (χ0) is 13.3. The summed E-state index contributed by atoms with van der Waals surface area (Å²) in [5.74, 6) is 0.663. The van der Waals surface area contributed by atoms with Crippen LogP contribution in [0.1, 0.15) is 27.2 Å². The number of hydrogen-bond donors (Lipinski definition) is 0. The molecule has 0 aliphatic carbocycles. The van der Waals surface area contributed by atoms with E-state index in [4.69, 9.17) is 9.47 Å².